The molecule has 24 heavy (non-hydrogen) atoms. The number of hydrogen-bond acceptors (Lipinski definition) is 1. The summed E-state index contributed by atoms with van der Waals surface area (Å²) in [4.78, 5) is 11.9. The van der Waals surface area contributed by atoms with Gasteiger partial charge in [0.15, 0.2) is 0 Å². The Labute approximate surface area is 142 Å². The van der Waals surface area contributed by atoms with Crippen LogP contribution in [-0.2, 0) is 11.0 Å². The first kappa shape index (κ1) is 20.5. The number of halogens is 3. The van der Waals surface area contributed by atoms with Crippen molar-refractivity contribution in [2.75, 3.05) is 0 Å². The molecule has 5 heteroatoms. The summed E-state index contributed by atoms with van der Waals surface area (Å²) in [6.07, 6.45) is 2.66. The van der Waals surface area contributed by atoms with Crippen molar-refractivity contribution in [2.45, 2.75) is 70.9 Å². The Morgan fingerprint density at radius 1 is 1.12 bits per heavy atom. The van der Waals surface area contributed by atoms with Gasteiger partial charge >= 0.3 is 6.18 Å². The molecule has 1 rings (SSSR count). The minimum atomic E-state index is -4.42. The van der Waals surface area contributed by atoms with E-state index in [1.807, 2.05) is 6.92 Å². The highest BCUT2D eigenvalue weighted by Crippen LogP contribution is 2.35. The lowest BCUT2D eigenvalue weighted by Crippen LogP contribution is -2.28. The zero-order valence-electron chi connectivity index (χ0n) is 14.5. The van der Waals surface area contributed by atoms with Crippen LogP contribution in [0.2, 0.25) is 0 Å². The molecule has 0 spiro atoms. The van der Waals surface area contributed by atoms with Gasteiger partial charge in [0.2, 0.25) is 5.91 Å². The standard InChI is InChI=1S/C19H28F3NO/c1-3-5-6-7-8-10-14(4-2)17(18(23)24)15-11-9-12-16(13-15)19(20,21)22/h9,11-14,17H,3-8,10H2,1-2H3,(H2,23,24). The number of hydrogen-bond donors (Lipinski definition) is 1. The fourth-order valence-electron chi connectivity index (χ4n) is 3.19. The van der Waals surface area contributed by atoms with Gasteiger partial charge in [0.1, 0.15) is 0 Å². The van der Waals surface area contributed by atoms with E-state index in [4.69, 9.17) is 5.73 Å². The molecule has 1 aromatic rings. The largest absolute Gasteiger partial charge is 0.416 e. The number of amides is 1. The summed E-state index contributed by atoms with van der Waals surface area (Å²) in [5.74, 6) is -1.23. The number of unbranched alkanes of at least 4 members (excludes halogenated alkanes) is 4. The molecule has 0 aliphatic heterocycles. The fraction of sp³-hybridized carbons (Fsp3) is 0.632. The van der Waals surface area contributed by atoms with Crippen LogP contribution in [0.15, 0.2) is 24.3 Å². The number of benzene rings is 1. The molecule has 0 saturated carbocycles. The number of nitrogens with two attached hydrogens (primary N) is 1. The molecule has 0 radical (unpaired) electrons. The number of primary amides is 1. The molecule has 0 fully saturated rings. The Morgan fingerprint density at radius 3 is 2.33 bits per heavy atom. The van der Waals surface area contributed by atoms with Crippen LogP contribution in [0.4, 0.5) is 13.2 Å². The summed E-state index contributed by atoms with van der Waals surface area (Å²) < 4.78 is 38.8. The Balaban J connectivity index is 2.89. The molecule has 1 aromatic carbocycles. The van der Waals surface area contributed by atoms with Gasteiger partial charge in [-0.3, -0.25) is 4.79 Å². The predicted molar refractivity (Wildman–Crippen MR) is 90.5 cm³/mol. The van der Waals surface area contributed by atoms with Crippen LogP contribution in [0.1, 0.15) is 75.8 Å². The van der Waals surface area contributed by atoms with E-state index in [0.29, 0.717) is 5.56 Å². The maximum Gasteiger partial charge on any atom is 0.416 e. The molecule has 2 unspecified atom stereocenters. The zero-order valence-corrected chi connectivity index (χ0v) is 14.5. The van der Waals surface area contributed by atoms with E-state index in [0.717, 1.165) is 50.7 Å². The van der Waals surface area contributed by atoms with Gasteiger partial charge in [0.05, 0.1) is 11.5 Å². The van der Waals surface area contributed by atoms with Crippen molar-refractivity contribution in [2.24, 2.45) is 11.7 Å². The summed E-state index contributed by atoms with van der Waals surface area (Å²) >= 11 is 0. The number of carbonyl (C=O) groups is 1. The van der Waals surface area contributed by atoms with Gasteiger partial charge < -0.3 is 5.73 Å². The summed E-state index contributed by atoms with van der Waals surface area (Å²) in [7, 11) is 0. The normalized spacial score (nSPS) is 14.4. The monoisotopic (exact) mass is 343 g/mol. The summed E-state index contributed by atoms with van der Waals surface area (Å²) in [6, 6.07) is 5.01. The lowest BCUT2D eigenvalue weighted by Gasteiger charge is -2.25. The van der Waals surface area contributed by atoms with Crippen molar-refractivity contribution in [1.29, 1.82) is 0 Å². The van der Waals surface area contributed by atoms with Crippen molar-refractivity contribution in [3.8, 4) is 0 Å². The van der Waals surface area contributed by atoms with E-state index >= 15 is 0 Å². The second-order valence-electron chi connectivity index (χ2n) is 6.37. The molecule has 136 valence electrons. The summed E-state index contributed by atoms with van der Waals surface area (Å²) in [5, 5.41) is 0. The van der Waals surface area contributed by atoms with Crippen molar-refractivity contribution in [1.82, 2.24) is 0 Å². The van der Waals surface area contributed by atoms with E-state index in [2.05, 4.69) is 6.92 Å². The van der Waals surface area contributed by atoms with Crippen molar-refractivity contribution in [3.63, 3.8) is 0 Å². The van der Waals surface area contributed by atoms with Crippen LogP contribution < -0.4 is 5.73 Å². The third-order valence-corrected chi connectivity index (χ3v) is 4.55. The van der Waals surface area contributed by atoms with E-state index in [9.17, 15) is 18.0 Å². The third-order valence-electron chi connectivity index (χ3n) is 4.55. The molecule has 0 aliphatic rings. The maximum atomic E-state index is 12.9. The number of carbonyl (C=O) groups excluding carboxylic acids is 1. The van der Waals surface area contributed by atoms with Crippen LogP contribution in [0.3, 0.4) is 0 Å². The van der Waals surface area contributed by atoms with Gasteiger partial charge in [-0.15, -0.1) is 0 Å². The van der Waals surface area contributed by atoms with Crippen LogP contribution >= 0.6 is 0 Å². The van der Waals surface area contributed by atoms with Crippen LogP contribution in [0.25, 0.3) is 0 Å². The SMILES string of the molecule is CCCCCCCC(CC)C(C(N)=O)c1cccc(C(F)(F)F)c1. The molecule has 2 nitrogen and oxygen atoms in total. The first-order chi connectivity index (χ1) is 11.3. The molecule has 0 aromatic heterocycles. The molecular formula is C19H28F3NO. The average Bonchev–Trinajstić information content (AvgIpc) is 2.52. The highest BCUT2D eigenvalue weighted by Gasteiger charge is 2.33. The maximum absolute atomic E-state index is 12.9. The molecule has 0 bridgehead atoms. The Bertz CT molecular complexity index is 514. The smallest absolute Gasteiger partial charge is 0.369 e. The Kier molecular flexibility index (Phi) is 8.29. The van der Waals surface area contributed by atoms with Crippen molar-refractivity contribution in [3.05, 3.63) is 35.4 Å². The molecule has 0 heterocycles. The van der Waals surface area contributed by atoms with Gasteiger partial charge in [-0.05, 0) is 24.0 Å². The van der Waals surface area contributed by atoms with Gasteiger partial charge in [-0.1, -0.05) is 70.6 Å². The molecule has 2 atom stereocenters. The Hall–Kier alpha value is -1.52. The molecule has 2 N–H and O–H groups in total. The fourth-order valence-corrected chi connectivity index (χ4v) is 3.19. The first-order valence-electron chi connectivity index (χ1n) is 8.77. The molecular weight excluding hydrogens is 315 g/mol. The average molecular weight is 343 g/mol. The third kappa shape index (κ3) is 6.17. The minimum absolute atomic E-state index is 0.0207. The second kappa shape index (κ2) is 9.70. The minimum Gasteiger partial charge on any atom is -0.369 e. The topological polar surface area (TPSA) is 43.1 Å². The van der Waals surface area contributed by atoms with Gasteiger partial charge in [-0.25, -0.2) is 0 Å². The Morgan fingerprint density at radius 2 is 1.79 bits per heavy atom. The van der Waals surface area contributed by atoms with Gasteiger partial charge in [0, 0.05) is 0 Å². The highest BCUT2D eigenvalue weighted by molar-refractivity contribution is 5.82. The van der Waals surface area contributed by atoms with Crippen LogP contribution in [0.5, 0.6) is 0 Å². The van der Waals surface area contributed by atoms with Crippen LogP contribution in [0, 0.1) is 5.92 Å². The van der Waals surface area contributed by atoms with Gasteiger partial charge in [-0.2, -0.15) is 13.2 Å². The van der Waals surface area contributed by atoms with Crippen LogP contribution in [-0.4, -0.2) is 5.91 Å². The summed E-state index contributed by atoms with van der Waals surface area (Å²) in [6.45, 7) is 4.10. The molecule has 0 aliphatic carbocycles. The highest BCUT2D eigenvalue weighted by atomic mass is 19.4. The molecule has 0 saturated heterocycles. The second-order valence-corrected chi connectivity index (χ2v) is 6.37. The lowest BCUT2D eigenvalue weighted by atomic mass is 9.80. The predicted octanol–water partition coefficient (Wildman–Crippen LogP) is 5.66. The first-order valence-corrected chi connectivity index (χ1v) is 8.77. The van der Waals surface area contributed by atoms with E-state index < -0.39 is 23.6 Å². The molecule has 1 amide bonds. The van der Waals surface area contributed by atoms with E-state index in [1.165, 1.54) is 12.5 Å². The van der Waals surface area contributed by atoms with E-state index in [1.54, 1.807) is 6.07 Å². The number of alkyl halides is 3. The quantitative estimate of drug-likeness (QED) is 0.547. The summed E-state index contributed by atoms with van der Waals surface area (Å²) in [5.41, 5.74) is 5.18. The van der Waals surface area contributed by atoms with Crippen molar-refractivity contribution < 1.29 is 18.0 Å². The lowest BCUT2D eigenvalue weighted by molar-refractivity contribution is -0.137. The van der Waals surface area contributed by atoms with E-state index in [-0.39, 0.29) is 5.92 Å². The van der Waals surface area contributed by atoms with Crippen molar-refractivity contribution >= 4 is 5.91 Å². The zero-order chi connectivity index (χ0) is 18.2. The number of rotatable bonds is 10. The van der Waals surface area contributed by atoms with Gasteiger partial charge in [0.25, 0.3) is 0 Å².